The molecule has 0 aromatic carbocycles. The number of nitrogens with one attached hydrogen (secondary N) is 2. The molecule has 34 heavy (non-hydrogen) atoms. The lowest BCUT2D eigenvalue weighted by Crippen LogP contribution is -2.27. The molecule has 176 valence electrons. The summed E-state index contributed by atoms with van der Waals surface area (Å²) in [5, 5.41) is 3.28. The second-order valence-corrected chi connectivity index (χ2v) is 10.5. The smallest absolute Gasteiger partial charge is 0.421 e. The predicted molar refractivity (Wildman–Crippen MR) is 133 cm³/mol. The van der Waals surface area contributed by atoms with Crippen molar-refractivity contribution in [1.29, 1.82) is 0 Å². The molecule has 0 saturated carbocycles. The van der Waals surface area contributed by atoms with Crippen molar-refractivity contribution in [2.24, 2.45) is 7.05 Å². The number of anilines is 2. The van der Waals surface area contributed by atoms with Crippen LogP contribution in [0.5, 0.6) is 5.88 Å². The van der Waals surface area contributed by atoms with Gasteiger partial charge in [0.2, 0.25) is 11.8 Å². The number of amides is 2. The maximum absolute atomic E-state index is 12.3. The van der Waals surface area contributed by atoms with Crippen molar-refractivity contribution in [2.45, 2.75) is 5.03 Å². The van der Waals surface area contributed by atoms with E-state index in [9.17, 15) is 14.4 Å². The molecule has 1 saturated heterocycles. The Morgan fingerprint density at radius 2 is 2.12 bits per heavy atom. The van der Waals surface area contributed by atoms with Crippen LogP contribution in [0.25, 0.3) is 11.2 Å². The van der Waals surface area contributed by atoms with Crippen molar-refractivity contribution in [3.8, 4) is 5.88 Å². The molecule has 3 aromatic rings. The van der Waals surface area contributed by atoms with E-state index < -0.39 is 27.1 Å². The number of nitrogens with zero attached hydrogens (tertiary/aromatic N) is 6. The van der Waals surface area contributed by atoms with Crippen LogP contribution in [-0.2, 0) is 16.6 Å². The minimum Gasteiger partial charge on any atom is -0.475 e. The van der Waals surface area contributed by atoms with Crippen LogP contribution in [0.1, 0.15) is 0 Å². The Hall–Kier alpha value is -3.18. The van der Waals surface area contributed by atoms with E-state index in [0.29, 0.717) is 50.6 Å². The Morgan fingerprint density at radius 1 is 1.24 bits per heavy atom. The third-order valence-electron chi connectivity index (χ3n) is 4.71. The number of carbonyl (C=O) groups is 2. The molecule has 5 rings (SSSR count). The number of aryl methyl sites for hydroxylation is 1. The highest BCUT2D eigenvalue weighted by Crippen LogP contribution is 2.30. The van der Waals surface area contributed by atoms with E-state index in [1.165, 1.54) is 39.7 Å². The maximum atomic E-state index is 12.3. The number of pyridine rings is 1. The quantitative estimate of drug-likeness (QED) is 0.236. The summed E-state index contributed by atoms with van der Waals surface area (Å²) in [6.07, 6.45) is 2.47. The molecule has 0 aliphatic carbocycles. The number of fused-ring (bicyclic) bond motifs is 2. The summed E-state index contributed by atoms with van der Waals surface area (Å²) in [4.78, 5) is 54.2. The van der Waals surface area contributed by atoms with Crippen LogP contribution in [0.4, 0.5) is 16.4 Å². The zero-order valence-corrected chi connectivity index (χ0v) is 20.6. The van der Waals surface area contributed by atoms with E-state index >= 15 is 0 Å². The lowest BCUT2D eigenvalue weighted by atomic mass is 10.4. The van der Waals surface area contributed by atoms with Crippen molar-refractivity contribution in [3.05, 3.63) is 34.9 Å². The summed E-state index contributed by atoms with van der Waals surface area (Å²) < 4.78 is 16.3. The van der Waals surface area contributed by atoms with Gasteiger partial charge in [-0.25, -0.2) is 19.7 Å². The summed E-state index contributed by atoms with van der Waals surface area (Å²) in [5.41, 5.74) is 0.877. The number of halogens is 1. The van der Waals surface area contributed by atoms with Crippen LogP contribution in [0.2, 0.25) is 0 Å². The molecule has 5 heterocycles. The van der Waals surface area contributed by atoms with Crippen LogP contribution in [0.3, 0.4) is 0 Å². The van der Waals surface area contributed by atoms with E-state index in [1.54, 1.807) is 13.1 Å². The molecule has 0 spiro atoms. The van der Waals surface area contributed by atoms with Gasteiger partial charge in [-0.3, -0.25) is 22.6 Å². The molecule has 2 aliphatic heterocycles. The summed E-state index contributed by atoms with van der Waals surface area (Å²) in [5.74, 6) is 1.12. The molecule has 2 amide bonds. The first-order chi connectivity index (χ1) is 16.5. The first-order valence-corrected chi connectivity index (χ1v) is 13.1. The van der Waals surface area contributed by atoms with Crippen LogP contribution in [0, 0.1) is 0 Å². The van der Waals surface area contributed by atoms with Crippen molar-refractivity contribution < 1.29 is 19.1 Å². The van der Waals surface area contributed by atoms with Crippen molar-refractivity contribution in [2.75, 3.05) is 35.7 Å². The number of aromatic nitrogens is 5. The van der Waals surface area contributed by atoms with Gasteiger partial charge in [0.1, 0.15) is 17.1 Å². The molecular formula is C19H17IN8O5S. The Morgan fingerprint density at radius 3 is 3.00 bits per heavy atom. The highest BCUT2D eigenvalue weighted by Gasteiger charge is 2.31. The van der Waals surface area contributed by atoms with Gasteiger partial charge in [-0.15, -0.1) is 0 Å². The minimum atomic E-state index is -0.765. The van der Waals surface area contributed by atoms with Crippen molar-refractivity contribution in [3.63, 3.8) is 0 Å². The molecule has 15 heteroatoms. The molecule has 2 N–H and O–H groups in total. The van der Waals surface area contributed by atoms with Gasteiger partial charge in [0.25, 0.3) is 5.56 Å². The highest BCUT2D eigenvalue weighted by atomic mass is 127. The maximum Gasteiger partial charge on any atom is 0.421 e. The fourth-order valence-electron chi connectivity index (χ4n) is 3.07. The average Bonchev–Trinajstić information content (AvgIpc) is 3.21. The zero-order valence-electron chi connectivity index (χ0n) is 17.6. The highest BCUT2D eigenvalue weighted by molar-refractivity contribution is 14.2. The standard InChI is InChI=1S/C19H17IN8O5S/c1-27-15(30)3-2-10-17(27)26-14(7-21-10)32-5-4-23-20-11-8-28(19(31)33-11)12-6-22-18-16(24-12)25-13(29)9-34-18/h2-3,6-7,23H,4-5,8-9H2,1H3,(H,24,25,29). The number of carbonyl (C=O) groups excluding carboxylic acids is 2. The third kappa shape index (κ3) is 4.71. The number of thioether (sulfide) groups is 1. The van der Waals surface area contributed by atoms with E-state index in [2.05, 4.69) is 28.8 Å². The Labute approximate surface area is 206 Å². The molecule has 3 aromatic heterocycles. The topological polar surface area (TPSA) is 153 Å². The SMILES string of the molecule is Cn1c(=O)ccc2ncc(OCCNI=C3CN(c4cnc5c(n4)NC(=O)CS5)C(=O)O3)nc21. The molecular weight excluding hydrogens is 579 g/mol. The fourth-order valence-corrected chi connectivity index (χ4v) is 5.50. The predicted octanol–water partition coefficient (Wildman–Crippen LogP) is 0.803. The summed E-state index contributed by atoms with van der Waals surface area (Å²) in [6, 6.07) is 3.06. The van der Waals surface area contributed by atoms with E-state index in [-0.39, 0.29) is 23.8 Å². The number of ether oxygens (including phenoxy) is 2. The summed E-state index contributed by atoms with van der Waals surface area (Å²) in [6.45, 7) is 1.08. The van der Waals surface area contributed by atoms with Gasteiger partial charge in [0, 0.05) is 40.7 Å². The Balaban J connectivity index is 1.16. The minimum absolute atomic E-state index is 0.156. The van der Waals surface area contributed by atoms with Gasteiger partial charge in [-0.05, 0) is 6.07 Å². The summed E-state index contributed by atoms with van der Waals surface area (Å²) in [7, 11) is 1.63. The molecule has 0 radical (unpaired) electrons. The van der Waals surface area contributed by atoms with Crippen LogP contribution in [-0.4, -0.2) is 65.6 Å². The molecule has 2 aliphatic rings. The number of cyclic esters (lactones) is 1. The van der Waals surface area contributed by atoms with E-state index in [1.807, 2.05) is 0 Å². The largest absolute Gasteiger partial charge is 0.475 e. The van der Waals surface area contributed by atoms with Crippen molar-refractivity contribution >= 4 is 71.3 Å². The number of hydrogen-bond acceptors (Lipinski definition) is 11. The van der Waals surface area contributed by atoms with E-state index in [4.69, 9.17) is 9.47 Å². The molecule has 13 nitrogen and oxygen atoms in total. The van der Waals surface area contributed by atoms with Gasteiger partial charge in [-0.2, -0.15) is 4.98 Å². The van der Waals surface area contributed by atoms with Crippen LogP contribution >= 0.6 is 32.8 Å². The molecule has 0 atom stereocenters. The second-order valence-electron chi connectivity index (χ2n) is 7.00. The average molecular weight is 596 g/mol. The summed E-state index contributed by atoms with van der Waals surface area (Å²) >= 11 is 0.534. The van der Waals surface area contributed by atoms with Gasteiger partial charge in [-0.1, -0.05) is 11.8 Å². The first-order valence-electron chi connectivity index (χ1n) is 9.95. The van der Waals surface area contributed by atoms with Crippen LogP contribution in [0.15, 0.2) is 34.3 Å². The molecule has 0 bridgehead atoms. The first kappa shape index (κ1) is 22.6. The monoisotopic (exact) mass is 596 g/mol. The lowest BCUT2D eigenvalue weighted by Gasteiger charge is -2.17. The molecule has 0 unspecified atom stereocenters. The van der Waals surface area contributed by atoms with E-state index in [0.717, 1.165) is 0 Å². The molecule has 1 fully saturated rings. The van der Waals surface area contributed by atoms with Gasteiger partial charge in [0.15, 0.2) is 21.0 Å². The number of hydrogen-bond donors (Lipinski definition) is 2. The van der Waals surface area contributed by atoms with Crippen LogP contribution < -0.4 is 24.0 Å². The van der Waals surface area contributed by atoms with Gasteiger partial charge in [0.05, 0.1) is 24.7 Å². The number of rotatable bonds is 6. The van der Waals surface area contributed by atoms with Gasteiger partial charge < -0.3 is 14.8 Å². The normalized spacial score (nSPS) is 16.7. The Bertz CT molecular complexity index is 1400. The Kier molecular flexibility index (Phi) is 6.38. The van der Waals surface area contributed by atoms with Gasteiger partial charge >= 0.3 is 6.09 Å². The fraction of sp³-hybridized carbons (Fsp3) is 0.263. The van der Waals surface area contributed by atoms with Crippen molar-refractivity contribution in [1.82, 2.24) is 28.0 Å². The lowest BCUT2D eigenvalue weighted by molar-refractivity contribution is -0.113. The second kappa shape index (κ2) is 9.59. The zero-order chi connectivity index (χ0) is 23.7. The third-order valence-corrected chi connectivity index (χ3v) is 7.77.